The molecule has 84 valence electrons. The summed E-state index contributed by atoms with van der Waals surface area (Å²) >= 11 is 0. The van der Waals surface area contributed by atoms with E-state index in [0.717, 1.165) is 17.5 Å². The molecule has 0 aromatic heterocycles. The van der Waals surface area contributed by atoms with Gasteiger partial charge in [-0.3, -0.25) is 4.79 Å². The Morgan fingerprint density at radius 3 is 2.88 bits per heavy atom. The fourth-order valence-corrected chi connectivity index (χ4v) is 2.17. The van der Waals surface area contributed by atoms with Crippen LogP contribution in [0.5, 0.6) is 0 Å². The Hall–Kier alpha value is -1.44. The van der Waals surface area contributed by atoms with Gasteiger partial charge in [0.2, 0.25) is 0 Å². The minimum absolute atomic E-state index is 0.0951. The molecule has 1 amide bonds. The van der Waals surface area contributed by atoms with Gasteiger partial charge in [0.15, 0.2) is 0 Å². The van der Waals surface area contributed by atoms with Gasteiger partial charge in [-0.15, -0.1) is 0 Å². The molecule has 0 radical (unpaired) electrons. The van der Waals surface area contributed by atoms with Gasteiger partial charge in [0.1, 0.15) is 0 Å². The van der Waals surface area contributed by atoms with Gasteiger partial charge in [-0.05, 0) is 18.1 Å². The molecule has 1 heterocycles. The van der Waals surface area contributed by atoms with Crippen molar-refractivity contribution in [2.45, 2.75) is 38.5 Å². The predicted octanol–water partition coefficient (Wildman–Crippen LogP) is 3.58. The van der Waals surface area contributed by atoms with Crippen molar-refractivity contribution in [2.24, 2.45) is 4.99 Å². The fraction of sp³-hybridized carbons (Fsp3) is 0.429. The summed E-state index contributed by atoms with van der Waals surface area (Å²) in [5.41, 5.74) is 1.94. The lowest BCUT2D eigenvalue weighted by molar-refractivity contribution is 0.0999. The summed E-state index contributed by atoms with van der Waals surface area (Å²) in [5.74, 6) is 0.239. The minimum Gasteiger partial charge on any atom is -0.267 e. The molecule has 0 aliphatic carbocycles. The molecule has 16 heavy (non-hydrogen) atoms. The molecule has 0 N–H and O–H groups in total. The highest BCUT2D eigenvalue weighted by molar-refractivity contribution is 6.04. The second-order valence-corrected chi connectivity index (χ2v) is 4.27. The number of hydrogen-bond acceptors (Lipinski definition) is 1. The molecule has 1 aliphatic heterocycles. The summed E-state index contributed by atoms with van der Waals surface area (Å²) in [5, 5.41) is 0. The van der Waals surface area contributed by atoms with Crippen LogP contribution in [-0.2, 0) is 0 Å². The Bertz CT molecular complexity index is 409. The molecular formula is C14H17NO. The minimum atomic E-state index is -0.0951. The van der Waals surface area contributed by atoms with E-state index in [2.05, 4.69) is 18.0 Å². The largest absolute Gasteiger partial charge is 0.276 e. The molecular weight excluding hydrogens is 198 g/mol. The summed E-state index contributed by atoms with van der Waals surface area (Å²) in [6, 6.07) is 7.83. The maximum absolute atomic E-state index is 11.6. The Balaban J connectivity index is 2.16. The third kappa shape index (κ3) is 2.21. The third-order valence-corrected chi connectivity index (χ3v) is 3.08. The molecule has 2 heteroatoms. The molecule has 0 saturated carbocycles. The predicted molar refractivity (Wildman–Crippen MR) is 66.1 cm³/mol. The number of benzene rings is 1. The standard InChI is InChI=1S/C14H17NO/c1-2-3-4-7-11-10-15-14(16)13-9-6-5-8-12(11)13/h5-6,8-11H,2-4,7H2,1H3. The number of amides is 1. The molecule has 0 fully saturated rings. The van der Waals surface area contributed by atoms with Crippen LogP contribution in [0.1, 0.15) is 54.4 Å². The highest BCUT2D eigenvalue weighted by Crippen LogP contribution is 2.27. The fourth-order valence-electron chi connectivity index (χ4n) is 2.17. The van der Waals surface area contributed by atoms with Gasteiger partial charge in [0.05, 0.1) is 0 Å². The zero-order chi connectivity index (χ0) is 11.4. The monoisotopic (exact) mass is 215 g/mol. The summed E-state index contributed by atoms with van der Waals surface area (Å²) in [4.78, 5) is 15.5. The second-order valence-electron chi connectivity index (χ2n) is 4.27. The van der Waals surface area contributed by atoms with Gasteiger partial charge < -0.3 is 0 Å². The van der Waals surface area contributed by atoms with Crippen molar-refractivity contribution in [1.29, 1.82) is 0 Å². The number of rotatable bonds is 4. The molecule has 1 aromatic carbocycles. The van der Waals surface area contributed by atoms with Crippen LogP contribution in [0, 0.1) is 0 Å². The van der Waals surface area contributed by atoms with Crippen molar-refractivity contribution >= 4 is 12.1 Å². The number of fused-ring (bicyclic) bond motifs is 1. The lowest BCUT2D eigenvalue weighted by Crippen LogP contribution is -2.13. The average molecular weight is 215 g/mol. The molecule has 1 aliphatic rings. The number of hydrogen-bond donors (Lipinski definition) is 0. The SMILES string of the molecule is CCCCCC1C=NC(=O)c2ccccc21. The van der Waals surface area contributed by atoms with Crippen LogP contribution in [0.25, 0.3) is 0 Å². The lowest BCUT2D eigenvalue weighted by Gasteiger charge is -2.18. The van der Waals surface area contributed by atoms with Gasteiger partial charge >= 0.3 is 0 Å². The van der Waals surface area contributed by atoms with E-state index in [0.29, 0.717) is 5.92 Å². The van der Waals surface area contributed by atoms with Crippen molar-refractivity contribution in [1.82, 2.24) is 0 Å². The van der Waals surface area contributed by atoms with Crippen LogP contribution in [0.2, 0.25) is 0 Å². The van der Waals surface area contributed by atoms with E-state index in [1.807, 2.05) is 24.4 Å². The van der Waals surface area contributed by atoms with Crippen molar-refractivity contribution in [3.63, 3.8) is 0 Å². The number of nitrogens with zero attached hydrogens (tertiary/aromatic N) is 1. The van der Waals surface area contributed by atoms with Crippen LogP contribution >= 0.6 is 0 Å². The second kappa shape index (κ2) is 5.06. The highest BCUT2D eigenvalue weighted by atomic mass is 16.1. The summed E-state index contributed by atoms with van der Waals surface area (Å²) in [6.45, 7) is 2.20. The Kier molecular flexibility index (Phi) is 3.50. The van der Waals surface area contributed by atoms with Crippen LogP contribution in [-0.4, -0.2) is 12.1 Å². The maximum Gasteiger partial charge on any atom is 0.276 e. The van der Waals surface area contributed by atoms with E-state index < -0.39 is 0 Å². The van der Waals surface area contributed by atoms with Crippen molar-refractivity contribution in [3.05, 3.63) is 35.4 Å². The Morgan fingerprint density at radius 1 is 1.25 bits per heavy atom. The van der Waals surface area contributed by atoms with E-state index in [-0.39, 0.29) is 5.91 Å². The molecule has 0 saturated heterocycles. The molecule has 2 rings (SSSR count). The quantitative estimate of drug-likeness (QED) is 0.706. The molecule has 2 nitrogen and oxygen atoms in total. The smallest absolute Gasteiger partial charge is 0.267 e. The van der Waals surface area contributed by atoms with Crippen molar-refractivity contribution in [3.8, 4) is 0 Å². The Morgan fingerprint density at radius 2 is 2.06 bits per heavy atom. The number of aliphatic imine (C=N–C) groups is 1. The van der Waals surface area contributed by atoms with Gasteiger partial charge in [-0.1, -0.05) is 44.4 Å². The van der Waals surface area contributed by atoms with Crippen molar-refractivity contribution in [2.75, 3.05) is 0 Å². The number of carbonyl (C=O) groups excluding carboxylic acids is 1. The van der Waals surface area contributed by atoms with Gasteiger partial charge in [0, 0.05) is 17.7 Å². The first kappa shape index (κ1) is 11.1. The van der Waals surface area contributed by atoms with E-state index in [1.54, 1.807) is 0 Å². The normalized spacial score (nSPS) is 18.6. The van der Waals surface area contributed by atoms with E-state index in [9.17, 15) is 4.79 Å². The first-order valence-electron chi connectivity index (χ1n) is 6.00. The molecule has 1 aromatic rings. The lowest BCUT2D eigenvalue weighted by atomic mass is 9.88. The summed E-state index contributed by atoms with van der Waals surface area (Å²) < 4.78 is 0. The average Bonchev–Trinajstić information content (AvgIpc) is 2.33. The van der Waals surface area contributed by atoms with E-state index in [1.165, 1.54) is 19.3 Å². The van der Waals surface area contributed by atoms with Gasteiger partial charge in [-0.25, -0.2) is 4.99 Å². The maximum atomic E-state index is 11.6. The topological polar surface area (TPSA) is 29.4 Å². The summed E-state index contributed by atoms with van der Waals surface area (Å²) in [6.07, 6.45) is 6.60. The first-order chi connectivity index (χ1) is 7.83. The third-order valence-electron chi connectivity index (χ3n) is 3.08. The van der Waals surface area contributed by atoms with Crippen molar-refractivity contribution < 1.29 is 4.79 Å². The van der Waals surface area contributed by atoms with E-state index >= 15 is 0 Å². The van der Waals surface area contributed by atoms with Crippen LogP contribution < -0.4 is 0 Å². The Labute approximate surface area is 96.4 Å². The molecule has 1 unspecified atom stereocenters. The zero-order valence-corrected chi connectivity index (χ0v) is 9.65. The van der Waals surface area contributed by atoms with Crippen LogP contribution in [0.4, 0.5) is 0 Å². The van der Waals surface area contributed by atoms with Crippen LogP contribution in [0.3, 0.4) is 0 Å². The molecule has 0 bridgehead atoms. The van der Waals surface area contributed by atoms with Crippen LogP contribution in [0.15, 0.2) is 29.3 Å². The molecule has 0 spiro atoms. The number of carbonyl (C=O) groups is 1. The molecule has 1 atom stereocenters. The van der Waals surface area contributed by atoms with Gasteiger partial charge in [-0.2, -0.15) is 0 Å². The highest BCUT2D eigenvalue weighted by Gasteiger charge is 2.20. The van der Waals surface area contributed by atoms with E-state index in [4.69, 9.17) is 0 Å². The first-order valence-corrected chi connectivity index (χ1v) is 6.00. The summed E-state index contributed by atoms with van der Waals surface area (Å²) in [7, 11) is 0. The zero-order valence-electron chi connectivity index (χ0n) is 9.65. The number of unbranched alkanes of at least 4 members (excludes halogenated alkanes) is 2. The van der Waals surface area contributed by atoms with Gasteiger partial charge in [0.25, 0.3) is 5.91 Å².